The molecular formula is C18H24N2O4S. The molecule has 136 valence electrons. The minimum absolute atomic E-state index is 0.0187. The molecule has 0 aliphatic heterocycles. The van der Waals surface area contributed by atoms with Gasteiger partial charge in [0, 0.05) is 17.5 Å². The molecule has 1 N–H and O–H groups in total. The Balaban J connectivity index is 1.84. The first-order valence-corrected chi connectivity index (χ1v) is 9.70. The number of hydrogen-bond donors (Lipinski definition) is 1. The van der Waals surface area contributed by atoms with Crippen LogP contribution in [-0.2, 0) is 15.3 Å². The van der Waals surface area contributed by atoms with Gasteiger partial charge in [0.25, 0.3) is 0 Å². The van der Waals surface area contributed by atoms with Crippen molar-refractivity contribution in [1.82, 2.24) is 5.32 Å². The van der Waals surface area contributed by atoms with Crippen LogP contribution in [0.3, 0.4) is 0 Å². The fraction of sp³-hybridized carbons (Fsp3) is 0.556. The molecule has 2 rings (SSSR count). The van der Waals surface area contributed by atoms with Crippen molar-refractivity contribution in [2.75, 3.05) is 19.1 Å². The van der Waals surface area contributed by atoms with Crippen molar-refractivity contribution >= 4 is 16.9 Å². The highest BCUT2D eigenvalue weighted by Crippen LogP contribution is 2.26. The summed E-state index contributed by atoms with van der Waals surface area (Å²) in [7, 11) is 0. The van der Waals surface area contributed by atoms with Gasteiger partial charge in [-0.15, -0.1) is 0 Å². The van der Waals surface area contributed by atoms with Crippen LogP contribution >= 0.6 is 0 Å². The van der Waals surface area contributed by atoms with Crippen molar-refractivity contribution < 1.29 is 17.9 Å². The molecule has 0 aromatic heterocycles. The Bertz CT molecular complexity index is 644. The first-order chi connectivity index (χ1) is 12.1. The number of ketones is 1. The van der Waals surface area contributed by atoms with Crippen LogP contribution in [0.4, 0.5) is 0 Å². The molecule has 0 heterocycles. The SMILES string of the molecule is CC(=O)c1cccc(OC[C@H]2CCCC[C@@H]2NCOS(=O)CC#N)c1. The molecule has 0 radical (unpaired) electrons. The van der Waals surface area contributed by atoms with Crippen LogP contribution in [0.25, 0.3) is 0 Å². The van der Waals surface area contributed by atoms with Crippen molar-refractivity contribution in [3.63, 3.8) is 0 Å². The lowest BCUT2D eigenvalue weighted by Gasteiger charge is -2.32. The van der Waals surface area contributed by atoms with E-state index in [-0.39, 0.29) is 24.3 Å². The second-order valence-electron chi connectivity index (χ2n) is 6.12. The third kappa shape index (κ3) is 6.58. The third-order valence-corrected chi connectivity index (χ3v) is 5.08. The van der Waals surface area contributed by atoms with E-state index in [1.54, 1.807) is 12.1 Å². The number of carbonyl (C=O) groups excluding carboxylic acids is 1. The molecule has 1 aliphatic rings. The maximum atomic E-state index is 11.5. The molecule has 7 heteroatoms. The van der Waals surface area contributed by atoms with E-state index in [1.165, 1.54) is 6.92 Å². The summed E-state index contributed by atoms with van der Waals surface area (Å²) in [6.45, 7) is 2.26. The molecule has 0 saturated heterocycles. The second kappa shape index (κ2) is 10.3. The summed E-state index contributed by atoms with van der Waals surface area (Å²) < 4.78 is 22.3. The molecule has 0 bridgehead atoms. The highest BCUT2D eigenvalue weighted by atomic mass is 32.2. The summed E-state index contributed by atoms with van der Waals surface area (Å²) in [4.78, 5) is 11.5. The molecular weight excluding hydrogens is 340 g/mol. The van der Waals surface area contributed by atoms with Gasteiger partial charge < -0.3 is 4.74 Å². The maximum absolute atomic E-state index is 11.5. The van der Waals surface area contributed by atoms with Crippen molar-refractivity contribution in [3.8, 4) is 11.8 Å². The van der Waals surface area contributed by atoms with Crippen LogP contribution in [0, 0.1) is 17.2 Å². The lowest BCUT2D eigenvalue weighted by Crippen LogP contribution is -2.42. The molecule has 1 aromatic rings. The van der Waals surface area contributed by atoms with Crippen molar-refractivity contribution in [2.24, 2.45) is 5.92 Å². The van der Waals surface area contributed by atoms with Gasteiger partial charge in [0.1, 0.15) is 18.2 Å². The number of nitrogens with zero attached hydrogens (tertiary/aromatic N) is 1. The molecule has 6 nitrogen and oxygen atoms in total. The van der Waals surface area contributed by atoms with E-state index >= 15 is 0 Å². The van der Waals surface area contributed by atoms with Crippen LogP contribution in [-0.4, -0.2) is 35.1 Å². The number of ether oxygens (including phenoxy) is 1. The van der Waals surface area contributed by atoms with E-state index in [4.69, 9.17) is 14.2 Å². The monoisotopic (exact) mass is 364 g/mol. The molecule has 1 saturated carbocycles. The van der Waals surface area contributed by atoms with Gasteiger partial charge in [-0.2, -0.15) is 5.26 Å². The topological polar surface area (TPSA) is 88.4 Å². The summed E-state index contributed by atoms with van der Waals surface area (Å²) in [6, 6.07) is 9.26. The zero-order valence-electron chi connectivity index (χ0n) is 14.4. The van der Waals surface area contributed by atoms with E-state index in [0.717, 1.165) is 25.7 Å². The summed E-state index contributed by atoms with van der Waals surface area (Å²) in [6.07, 6.45) is 4.34. The highest BCUT2D eigenvalue weighted by Gasteiger charge is 2.25. The van der Waals surface area contributed by atoms with Gasteiger partial charge in [-0.25, -0.2) is 4.21 Å². The summed E-state index contributed by atoms with van der Waals surface area (Å²) in [5.74, 6) is 0.919. The molecule has 3 atom stereocenters. The van der Waals surface area contributed by atoms with Gasteiger partial charge in [0.05, 0.1) is 12.7 Å². The number of hydrogen-bond acceptors (Lipinski definition) is 6. The lowest BCUT2D eigenvalue weighted by atomic mass is 9.85. The Morgan fingerprint density at radius 2 is 2.20 bits per heavy atom. The minimum atomic E-state index is -1.56. The Kier molecular flexibility index (Phi) is 8.06. The van der Waals surface area contributed by atoms with Gasteiger partial charge >= 0.3 is 0 Å². The van der Waals surface area contributed by atoms with Crippen LogP contribution in [0.15, 0.2) is 24.3 Å². The van der Waals surface area contributed by atoms with Gasteiger partial charge in [-0.05, 0) is 31.9 Å². The number of nitriles is 1. The fourth-order valence-electron chi connectivity index (χ4n) is 2.99. The number of rotatable bonds is 9. The minimum Gasteiger partial charge on any atom is -0.493 e. The predicted molar refractivity (Wildman–Crippen MR) is 95.4 cm³/mol. The average molecular weight is 364 g/mol. The summed E-state index contributed by atoms with van der Waals surface area (Å²) in [5, 5.41) is 11.7. The Labute approximate surface area is 151 Å². The largest absolute Gasteiger partial charge is 0.493 e. The van der Waals surface area contributed by atoms with Crippen LogP contribution in [0.2, 0.25) is 0 Å². The summed E-state index contributed by atoms with van der Waals surface area (Å²) >= 11 is -1.56. The second-order valence-corrected chi connectivity index (χ2v) is 7.25. The first kappa shape index (κ1) is 19.6. The molecule has 1 aromatic carbocycles. The quantitative estimate of drug-likeness (QED) is 0.535. The molecule has 0 spiro atoms. The smallest absolute Gasteiger partial charge is 0.171 e. The van der Waals surface area contributed by atoms with Gasteiger partial charge in [-0.3, -0.25) is 14.3 Å². The van der Waals surface area contributed by atoms with Gasteiger partial charge in [-0.1, -0.05) is 25.0 Å². The first-order valence-electron chi connectivity index (χ1n) is 8.46. The van der Waals surface area contributed by atoms with Crippen LogP contribution < -0.4 is 10.1 Å². The zero-order valence-corrected chi connectivity index (χ0v) is 15.2. The van der Waals surface area contributed by atoms with Crippen molar-refractivity contribution in [3.05, 3.63) is 29.8 Å². The molecule has 1 unspecified atom stereocenters. The van der Waals surface area contributed by atoms with E-state index in [1.807, 2.05) is 18.2 Å². The van der Waals surface area contributed by atoms with E-state index in [9.17, 15) is 9.00 Å². The maximum Gasteiger partial charge on any atom is 0.171 e. The highest BCUT2D eigenvalue weighted by molar-refractivity contribution is 7.80. The number of benzene rings is 1. The molecule has 1 aliphatic carbocycles. The number of nitrogens with one attached hydrogen (secondary N) is 1. The fourth-order valence-corrected chi connectivity index (χ4v) is 3.37. The zero-order chi connectivity index (χ0) is 18.1. The van der Waals surface area contributed by atoms with Crippen LogP contribution in [0.1, 0.15) is 43.0 Å². The number of Topliss-reactive ketones (excluding diaryl/α,β-unsaturated/α-hetero) is 1. The predicted octanol–water partition coefficient (Wildman–Crippen LogP) is 2.58. The van der Waals surface area contributed by atoms with Gasteiger partial charge in [0.15, 0.2) is 16.9 Å². The van der Waals surface area contributed by atoms with E-state index in [2.05, 4.69) is 5.32 Å². The lowest BCUT2D eigenvalue weighted by molar-refractivity contribution is 0.101. The number of carbonyl (C=O) groups is 1. The summed E-state index contributed by atoms with van der Waals surface area (Å²) in [5.41, 5.74) is 0.643. The van der Waals surface area contributed by atoms with Crippen LogP contribution in [0.5, 0.6) is 5.75 Å². The molecule has 25 heavy (non-hydrogen) atoms. The standard InChI is InChI=1S/C18H24N2O4S/c1-14(21)15-6-4-7-17(11-15)23-12-16-5-2-3-8-18(16)20-13-24-25(22)10-9-19/h4,6-7,11,16,18,20H,2-3,5,8,10,12-13H2,1H3/t16-,18+,25?/m1/s1. The Hall–Kier alpha value is -1.75. The average Bonchev–Trinajstić information content (AvgIpc) is 2.61. The molecule has 1 fully saturated rings. The third-order valence-electron chi connectivity index (χ3n) is 4.33. The molecule has 0 amide bonds. The van der Waals surface area contributed by atoms with E-state index < -0.39 is 11.1 Å². The normalized spacial score (nSPS) is 21.3. The van der Waals surface area contributed by atoms with Crippen molar-refractivity contribution in [2.45, 2.75) is 38.6 Å². The van der Waals surface area contributed by atoms with Crippen molar-refractivity contribution in [1.29, 1.82) is 5.26 Å². The Morgan fingerprint density at radius 1 is 1.40 bits per heavy atom. The van der Waals surface area contributed by atoms with Gasteiger partial charge in [0.2, 0.25) is 0 Å². The van der Waals surface area contributed by atoms with E-state index in [0.29, 0.717) is 23.8 Å². The Morgan fingerprint density at radius 3 is 2.96 bits per heavy atom.